The van der Waals surface area contributed by atoms with Crippen molar-refractivity contribution < 1.29 is 43.9 Å². The third-order valence-electron chi connectivity index (χ3n) is 6.33. The number of aliphatic hydroxyl groups excluding tert-OH is 1. The van der Waals surface area contributed by atoms with Crippen molar-refractivity contribution in [3.05, 3.63) is 59.0 Å². The summed E-state index contributed by atoms with van der Waals surface area (Å²) in [6, 6.07) is 3.06. The standard InChI is InChI=1S/C24H28F5N3O5S2/c1-15-12-17(25)4-5-18(15)19-13-21(24(27,28)29)30-14-20(19)39(36,37)32-9-7-23(26,8-10-32)22(33)31-16(2)6-11-38(3,34)35/h4-6,11-14,16,22,31,33H,7-10H2,1-3H3/b11-6-/t16-,22?/m0/s1. The zero-order valence-corrected chi connectivity index (χ0v) is 22.8. The van der Waals surface area contributed by atoms with E-state index in [4.69, 9.17) is 0 Å². The molecule has 0 aliphatic carbocycles. The van der Waals surface area contributed by atoms with Gasteiger partial charge < -0.3 is 5.11 Å². The number of rotatable bonds is 8. The van der Waals surface area contributed by atoms with Crippen LogP contribution in [0.5, 0.6) is 0 Å². The van der Waals surface area contributed by atoms with Gasteiger partial charge in [-0.05, 0) is 56.0 Å². The van der Waals surface area contributed by atoms with Crippen LogP contribution in [0.15, 0.2) is 46.8 Å². The summed E-state index contributed by atoms with van der Waals surface area (Å²) < 4.78 is 120. The van der Waals surface area contributed by atoms with Crippen LogP contribution in [0.2, 0.25) is 0 Å². The molecule has 216 valence electrons. The van der Waals surface area contributed by atoms with Crippen molar-refractivity contribution in [2.24, 2.45) is 0 Å². The van der Waals surface area contributed by atoms with Crippen molar-refractivity contribution in [3.8, 4) is 11.1 Å². The number of aryl methyl sites for hydroxylation is 1. The molecule has 2 atom stereocenters. The number of benzene rings is 1. The highest BCUT2D eigenvalue weighted by Gasteiger charge is 2.45. The van der Waals surface area contributed by atoms with Crippen molar-refractivity contribution in [1.82, 2.24) is 14.6 Å². The van der Waals surface area contributed by atoms with Crippen LogP contribution in [-0.2, 0) is 26.0 Å². The number of aliphatic hydroxyl groups is 1. The summed E-state index contributed by atoms with van der Waals surface area (Å²) in [7, 11) is -7.93. The summed E-state index contributed by atoms with van der Waals surface area (Å²) >= 11 is 0. The van der Waals surface area contributed by atoms with Crippen molar-refractivity contribution in [2.45, 2.75) is 55.7 Å². The van der Waals surface area contributed by atoms with Gasteiger partial charge in [-0.25, -0.2) is 25.6 Å². The number of piperidine rings is 1. The van der Waals surface area contributed by atoms with Crippen molar-refractivity contribution in [2.75, 3.05) is 19.3 Å². The lowest BCUT2D eigenvalue weighted by atomic mass is 9.92. The third kappa shape index (κ3) is 7.39. The van der Waals surface area contributed by atoms with Crippen LogP contribution >= 0.6 is 0 Å². The van der Waals surface area contributed by atoms with E-state index in [-0.39, 0.29) is 16.7 Å². The number of alkyl halides is 4. The molecule has 1 saturated heterocycles. The van der Waals surface area contributed by atoms with Crippen LogP contribution in [0, 0.1) is 12.7 Å². The molecule has 0 spiro atoms. The predicted molar refractivity (Wildman–Crippen MR) is 134 cm³/mol. The molecule has 1 aliphatic rings. The lowest BCUT2D eigenvalue weighted by Gasteiger charge is -2.39. The number of sulfonamides is 1. The Bertz CT molecular complexity index is 1450. The average Bonchev–Trinajstić information content (AvgIpc) is 2.81. The van der Waals surface area contributed by atoms with Gasteiger partial charge in [-0.15, -0.1) is 0 Å². The number of hydrogen-bond acceptors (Lipinski definition) is 7. The molecule has 15 heteroatoms. The van der Waals surface area contributed by atoms with Crippen LogP contribution < -0.4 is 5.32 Å². The van der Waals surface area contributed by atoms with E-state index in [1.54, 1.807) is 0 Å². The average molecular weight is 598 g/mol. The largest absolute Gasteiger partial charge is 0.433 e. The van der Waals surface area contributed by atoms with E-state index in [2.05, 4.69) is 10.3 Å². The highest BCUT2D eigenvalue weighted by atomic mass is 32.2. The maximum atomic E-state index is 15.5. The molecule has 1 aliphatic heterocycles. The Morgan fingerprint density at radius 1 is 1.13 bits per heavy atom. The van der Waals surface area contributed by atoms with E-state index in [1.165, 1.54) is 26.0 Å². The van der Waals surface area contributed by atoms with Crippen LogP contribution in [-0.4, -0.2) is 68.5 Å². The van der Waals surface area contributed by atoms with E-state index in [1.807, 2.05) is 0 Å². The minimum Gasteiger partial charge on any atom is -0.375 e. The summed E-state index contributed by atoms with van der Waals surface area (Å²) in [5.74, 6) is -0.658. The van der Waals surface area contributed by atoms with Gasteiger partial charge in [-0.3, -0.25) is 10.3 Å². The molecule has 0 radical (unpaired) electrons. The normalized spacial score (nSPS) is 18.8. The second kappa shape index (κ2) is 11.2. The van der Waals surface area contributed by atoms with Gasteiger partial charge in [0.15, 0.2) is 15.5 Å². The highest BCUT2D eigenvalue weighted by Crippen LogP contribution is 2.38. The molecule has 8 nitrogen and oxygen atoms in total. The fourth-order valence-electron chi connectivity index (χ4n) is 4.17. The molecule has 1 fully saturated rings. The molecule has 2 heterocycles. The van der Waals surface area contributed by atoms with Gasteiger partial charge in [0.1, 0.15) is 22.6 Å². The Morgan fingerprint density at radius 2 is 1.74 bits per heavy atom. The van der Waals surface area contributed by atoms with Crippen LogP contribution in [0.4, 0.5) is 22.0 Å². The first-order valence-corrected chi connectivity index (χ1v) is 15.1. The van der Waals surface area contributed by atoms with E-state index in [0.29, 0.717) is 12.3 Å². The number of pyridine rings is 1. The van der Waals surface area contributed by atoms with Crippen molar-refractivity contribution in [3.63, 3.8) is 0 Å². The van der Waals surface area contributed by atoms with Gasteiger partial charge in [-0.2, -0.15) is 17.5 Å². The molecule has 1 unspecified atom stereocenters. The van der Waals surface area contributed by atoms with E-state index in [9.17, 15) is 39.5 Å². The number of nitrogens with one attached hydrogen (secondary N) is 1. The third-order valence-corrected chi connectivity index (χ3v) is 8.91. The Morgan fingerprint density at radius 3 is 2.28 bits per heavy atom. The van der Waals surface area contributed by atoms with Gasteiger partial charge in [-0.1, -0.05) is 12.1 Å². The van der Waals surface area contributed by atoms with Gasteiger partial charge in [0, 0.05) is 42.6 Å². The topological polar surface area (TPSA) is 117 Å². The molecule has 2 aromatic rings. The molecule has 39 heavy (non-hydrogen) atoms. The second-order valence-corrected chi connectivity index (χ2v) is 13.3. The Labute approximate surface area is 223 Å². The molecule has 0 bridgehead atoms. The van der Waals surface area contributed by atoms with E-state index in [0.717, 1.165) is 28.1 Å². The summed E-state index contributed by atoms with van der Waals surface area (Å²) in [5.41, 5.74) is -3.70. The molecular weight excluding hydrogens is 569 g/mol. The van der Waals surface area contributed by atoms with Crippen LogP contribution in [0.1, 0.15) is 31.0 Å². The first-order valence-electron chi connectivity index (χ1n) is 11.7. The number of nitrogens with zero attached hydrogens (tertiary/aromatic N) is 2. The van der Waals surface area contributed by atoms with E-state index >= 15 is 4.39 Å². The van der Waals surface area contributed by atoms with Gasteiger partial charge >= 0.3 is 6.18 Å². The summed E-state index contributed by atoms with van der Waals surface area (Å²) in [6.45, 7) is 2.09. The Balaban J connectivity index is 1.88. The fraction of sp³-hybridized carbons (Fsp3) is 0.458. The minimum absolute atomic E-state index is 0.0514. The van der Waals surface area contributed by atoms with Crippen molar-refractivity contribution in [1.29, 1.82) is 0 Å². The molecule has 0 saturated carbocycles. The number of halogens is 5. The Hall–Kier alpha value is -2.46. The summed E-state index contributed by atoms with van der Waals surface area (Å²) in [5, 5.41) is 13.8. The smallest absolute Gasteiger partial charge is 0.375 e. The lowest BCUT2D eigenvalue weighted by molar-refractivity contribution is -0.141. The number of hydrogen-bond donors (Lipinski definition) is 2. The molecule has 0 amide bonds. The fourth-order valence-corrected chi connectivity index (χ4v) is 6.26. The quantitative estimate of drug-likeness (QED) is 0.353. The molecule has 2 N–H and O–H groups in total. The number of sulfone groups is 1. The molecular formula is C24H28F5N3O5S2. The zero-order chi connectivity index (χ0) is 29.4. The molecule has 1 aromatic heterocycles. The van der Waals surface area contributed by atoms with E-state index < -0.39 is 86.3 Å². The van der Waals surface area contributed by atoms with Crippen LogP contribution in [0.3, 0.4) is 0 Å². The zero-order valence-electron chi connectivity index (χ0n) is 21.2. The first-order chi connectivity index (χ1) is 17.8. The summed E-state index contributed by atoms with van der Waals surface area (Å²) in [6.07, 6.45) is -4.77. The monoisotopic (exact) mass is 597 g/mol. The Kier molecular flexibility index (Phi) is 8.92. The predicted octanol–water partition coefficient (Wildman–Crippen LogP) is 3.56. The van der Waals surface area contributed by atoms with Gasteiger partial charge in [0.25, 0.3) is 0 Å². The van der Waals surface area contributed by atoms with Gasteiger partial charge in [0.2, 0.25) is 10.0 Å². The highest BCUT2D eigenvalue weighted by molar-refractivity contribution is 7.93. The summed E-state index contributed by atoms with van der Waals surface area (Å²) in [4.78, 5) is 2.73. The molecule has 3 rings (SSSR count). The number of aromatic nitrogens is 1. The van der Waals surface area contributed by atoms with Crippen LogP contribution in [0.25, 0.3) is 11.1 Å². The maximum absolute atomic E-state index is 15.5. The minimum atomic E-state index is -4.87. The second-order valence-electron chi connectivity index (χ2n) is 9.48. The van der Waals surface area contributed by atoms with Crippen molar-refractivity contribution >= 4 is 19.9 Å². The SMILES string of the molecule is Cc1cc(F)ccc1-c1cc(C(F)(F)F)ncc1S(=O)(=O)N1CCC(F)(C(O)N[C@@H](C)/C=C\S(C)(=O)=O)CC1. The lowest BCUT2D eigenvalue weighted by Crippen LogP contribution is -2.56. The maximum Gasteiger partial charge on any atom is 0.433 e. The first kappa shape index (κ1) is 31.1. The molecule has 1 aromatic carbocycles. The van der Waals surface area contributed by atoms with Gasteiger partial charge in [0.05, 0.1) is 0 Å².